The highest BCUT2D eigenvalue weighted by molar-refractivity contribution is 6.25. The predicted molar refractivity (Wildman–Crippen MR) is 115 cm³/mol. The summed E-state index contributed by atoms with van der Waals surface area (Å²) in [6, 6.07) is 15.8. The minimum Gasteiger partial charge on any atom is -0.456 e. The zero-order valence-electron chi connectivity index (χ0n) is 17.0. The molecule has 0 aromatic heterocycles. The van der Waals surface area contributed by atoms with E-state index in [1.807, 2.05) is 12.1 Å². The number of benzene rings is 3. The van der Waals surface area contributed by atoms with E-state index in [2.05, 4.69) is 5.32 Å². The van der Waals surface area contributed by atoms with E-state index < -0.39 is 36.1 Å². The molecular weight excluding hydrogens is 415 g/mol. The lowest BCUT2D eigenvalue weighted by atomic mass is 9.94. The van der Waals surface area contributed by atoms with Crippen LogP contribution in [0, 0.1) is 5.82 Å². The molecule has 0 spiro atoms. The molecule has 1 aliphatic heterocycles. The number of halogens is 1. The van der Waals surface area contributed by atoms with Gasteiger partial charge < -0.3 is 10.1 Å². The SMILES string of the molecule is O=C(COC(=O)CCCN1C(=O)c2cccc3cccc(c23)C1=O)Nc1ccc(F)cc1. The highest BCUT2D eigenvalue weighted by Gasteiger charge is 2.32. The number of amides is 3. The predicted octanol–water partition coefficient (Wildman–Crippen LogP) is 3.54. The minimum atomic E-state index is -0.626. The van der Waals surface area contributed by atoms with Gasteiger partial charge in [0.2, 0.25) is 0 Å². The summed E-state index contributed by atoms with van der Waals surface area (Å²) in [5, 5.41) is 3.95. The van der Waals surface area contributed by atoms with E-state index in [9.17, 15) is 23.6 Å². The molecule has 1 aliphatic rings. The van der Waals surface area contributed by atoms with Gasteiger partial charge in [0.25, 0.3) is 17.7 Å². The zero-order valence-corrected chi connectivity index (χ0v) is 17.0. The van der Waals surface area contributed by atoms with Gasteiger partial charge in [0.1, 0.15) is 5.82 Å². The van der Waals surface area contributed by atoms with E-state index in [1.54, 1.807) is 24.3 Å². The number of nitrogens with one attached hydrogen (secondary N) is 1. The van der Waals surface area contributed by atoms with Crippen molar-refractivity contribution in [3.63, 3.8) is 0 Å². The first-order valence-electron chi connectivity index (χ1n) is 10.0. The number of rotatable bonds is 7. The maximum atomic E-state index is 12.9. The van der Waals surface area contributed by atoms with Crippen LogP contribution in [-0.4, -0.2) is 41.7 Å². The average Bonchev–Trinajstić information content (AvgIpc) is 2.79. The van der Waals surface area contributed by atoms with Crippen molar-refractivity contribution in [3.05, 3.63) is 77.6 Å². The van der Waals surface area contributed by atoms with Crippen LogP contribution >= 0.6 is 0 Å². The van der Waals surface area contributed by atoms with Gasteiger partial charge in [-0.1, -0.05) is 24.3 Å². The molecule has 4 rings (SSSR count). The molecule has 8 heteroatoms. The second-order valence-corrected chi connectivity index (χ2v) is 7.29. The maximum absolute atomic E-state index is 12.9. The molecule has 0 fully saturated rings. The number of carbonyl (C=O) groups excluding carboxylic acids is 4. The molecule has 3 aromatic rings. The van der Waals surface area contributed by atoms with Gasteiger partial charge in [0.15, 0.2) is 6.61 Å². The van der Waals surface area contributed by atoms with Crippen LogP contribution in [0.4, 0.5) is 10.1 Å². The van der Waals surface area contributed by atoms with E-state index >= 15 is 0 Å². The fourth-order valence-corrected chi connectivity index (χ4v) is 3.61. The van der Waals surface area contributed by atoms with E-state index in [0.29, 0.717) is 22.2 Å². The standard InChI is InChI=1S/C24H19FN2O5/c25-16-9-11-17(12-10-16)26-20(28)14-32-21(29)8-3-13-27-23(30)18-6-1-4-15-5-2-7-19(22(15)18)24(27)31/h1-2,4-7,9-12H,3,8,13-14H2,(H,26,28). The van der Waals surface area contributed by atoms with Gasteiger partial charge in [-0.05, 0) is 48.2 Å². The third-order valence-electron chi connectivity index (χ3n) is 5.11. The second kappa shape index (κ2) is 8.97. The minimum absolute atomic E-state index is 0.0548. The number of hydrogen-bond acceptors (Lipinski definition) is 5. The third kappa shape index (κ3) is 4.34. The Morgan fingerprint density at radius 3 is 2.16 bits per heavy atom. The Morgan fingerprint density at radius 1 is 0.906 bits per heavy atom. The first-order chi connectivity index (χ1) is 15.4. The maximum Gasteiger partial charge on any atom is 0.306 e. The van der Waals surface area contributed by atoms with E-state index in [0.717, 1.165) is 10.3 Å². The normalized spacial score (nSPS) is 12.7. The largest absolute Gasteiger partial charge is 0.456 e. The fourth-order valence-electron chi connectivity index (χ4n) is 3.61. The van der Waals surface area contributed by atoms with Crippen LogP contribution in [0.15, 0.2) is 60.7 Å². The van der Waals surface area contributed by atoms with Gasteiger partial charge in [-0.15, -0.1) is 0 Å². The van der Waals surface area contributed by atoms with Crippen molar-refractivity contribution in [1.29, 1.82) is 0 Å². The fraction of sp³-hybridized carbons (Fsp3) is 0.167. The van der Waals surface area contributed by atoms with Crippen molar-refractivity contribution in [2.24, 2.45) is 0 Å². The molecule has 0 atom stereocenters. The molecule has 0 saturated carbocycles. The van der Waals surface area contributed by atoms with Gasteiger partial charge in [-0.2, -0.15) is 0 Å². The number of ether oxygens (including phenoxy) is 1. The first kappa shape index (κ1) is 21.2. The molecule has 1 heterocycles. The molecule has 0 radical (unpaired) electrons. The molecule has 3 aromatic carbocycles. The Balaban J connectivity index is 1.28. The molecular formula is C24H19FN2O5. The van der Waals surface area contributed by atoms with Crippen molar-refractivity contribution < 1.29 is 28.3 Å². The van der Waals surface area contributed by atoms with Crippen molar-refractivity contribution in [2.45, 2.75) is 12.8 Å². The van der Waals surface area contributed by atoms with Gasteiger partial charge in [-0.3, -0.25) is 24.1 Å². The van der Waals surface area contributed by atoms with Crippen LogP contribution in [0.2, 0.25) is 0 Å². The van der Waals surface area contributed by atoms with Crippen molar-refractivity contribution in [2.75, 3.05) is 18.5 Å². The lowest BCUT2D eigenvalue weighted by Gasteiger charge is -2.27. The highest BCUT2D eigenvalue weighted by atomic mass is 19.1. The molecule has 0 unspecified atom stereocenters. The lowest BCUT2D eigenvalue weighted by Crippen LogP contribution is -2.41. The van der Waals surface area contributed by atoms with Crippen LogP contribution in [0.3, 0.4) is 0 Å². The lowest BCUT2D eigenvalue weighted by molar-refractivity contribution is -0.147. The molecule has 3 amide bonds. The van der Waals surface area contributed by atoms with Crippen LogP contribution in [0.1, 0.15) is 33.6 Å². The van der Waals surface area contributed by atoms with Crippen LogP contribution < -0.4 is 5.32 Å². The number of esters is 1. The van der Waals surface area contributed by atoms with Crippen LogP contribution in [0.25, 0.3) is 10.8 Å². The Hall–Kier alpha value is -4.07. The molecule has 0 bridgehead atoms. The smallest absolute Gasteiger partial charge is 0.306 e. The summed E-state index contributed by atoms with van der Waals surface area (Å²) in [6.45, 7) is -0.438. The molecule has 1 N–H and O–H groups in total. The average molecular weight is 434 g/mol. The van der Waals surface area contributed by atoms with Gasteiger partial charge in [-0.25, -0.2) is 4.39 Å². The van der Waals surface area contributed by atoms with Crippen molar-refractivity contribution in [3.8, 4) is 0 Å². The first-order valence-corrected chi connectivity index (χ1v) is 10.0. The van der Waals surface area contributed by atoms with E-state index in [-0.39, 0.29) is 19.4 Å². The molecule has 32 heavy (non-hydrogen) atoms. The van der Waals surface area contributed by atoms with E-state index in [1.165, 1.54) is 24.3 Å². The monoisotopic (exact) mass is 434 g/mol. The summed E-state index contributed by atoms with van der Waals surface area (Å²) in [5.41, 5.74) is 1.29. The van der Waals surface area contributed by atoms with Gasteiger partial charge in [0.05, 0.1) is 0 Å². The molecule has 7 nitrogen and oxygen atoms in total. The van der Waals surface area contributed by atoms with Crippen LogP contribution in [0.5, 0.6) is 0 Å². The summed E-state index contributed by atoms with van der Waals surface area (Å²) in [4.78, 5) is 50.6. The Labute approximate surface area is 182 Å². The molecule has 162 valence electrons. The number of imide groups is 1. The van der Waals surface area contributed by atoms with Crippen molar-refractivity contribution >= 4 is 40.2 Å². The number of hydrogen-bond donors (Lipinski definition) is 1. The Morgan fingerprint density at radius 2 is 1.53 bits per heavy atom. The third-order valence-corrected chi connectivity index (χ3v) is 5.11. The summed E-state index contributed by atoms with van der Waals surface area (Å²) < 4.78 is 17.8. The number of nitrogens with zero attached hydrogens (tertiary/aromatic N) is 1. The molecule has 0 saturated heterocycles. The van der Waals surface area contributed by atoms with Crippen LogP contribution in [-0.2, 0) is 14.3 Å². The van der Waals surface area contributed by atoms with Gasteiger partial charge >= 0.3 is 5.97 Å². The number of anilines is 1. The zero-order chi connectivity index (χ0) is 22.7. The van der Waals surface area contributed by atoms with Crippen molar-refractivity contribution in [1.82, 2.24) is 4.90 Å². The Bertz CT molecular complexity index is 1170. The topological polar surface area (TPSA) is 92.8 Å². The quantitative estimate of drug-likeness (QED) is 0.454. The summed E-state index contributed by atoms with van der Waals surface area (Å²) in [5.74, 6) is -2.41. The van der Waals surface area contributed by atoms with Gasteiger partial charge in [0, 0.05) is 35.2 Å². The second-order valence-electron chi connectivity index (χ2n) is 7.29. The number of carbonyl (C=O) groups is 4. The summed E-state index contributed by atoms with van der Waals surface area (Å²) in [6.07, 6.45) is 0.140. The van der Waals surface area contributed by atoms with E-state index in [4.69, 9.17) is 4.74 Å². The summed E-state index contributed by atoms with van der Waals surface area (Å²) >= 11 is 0. The molecule has 0 aliphatic carbocycles. The summed E-state index contributed by atoms with van der Waals surface area (Å²) in [7, 11) is 0. The Kier molecular flexibility index (Phi) is 5.93. The highest BCUT2D eigenvalue weighted by Crippen LogP contribution is 2.30.